The molecule has 10 heteroatoms. The van der Waals surface area contributed by atoms with E-state index in [2.05, 4.69) is 25.9 Å². The number of amides is 2. The fraction of sp³-hybridized carbons (Fsp3) is 0.250. The molecule has 0 radical (unpaired) electrons. The maximum Gasteiger partial charge on any atom is 0.276 e. The molecule has 2 heterocycles. The van der Waals surface area contributed by atoms with Gasteiger partial charge in [-0.1, -0.05) is 0 Å². The first-order valence-corrected chi connectivity index (χ1v) is 7.78. The average Bonchev–Trinajstić information content (AvgIpc) is 3.25. The van der Waals surface area contributed by atoms with Crippen molar-refractivity contribution in [3.63, 3.8) is 0 Å². The second-order valence-electron chi connectivity index (χ2n) is 5.89. The van der Waals surface area contributed by atoms with Gasteiger partial charge in [0.25, 0.3) is 11.8 Å². The van der Waals surface area contributed by atoms with Crippen LogP contribution in [0.4, 0.5) is 5.69 Å². The molecule has 0 atom stereocenters. The first kappa shape index (κ1) is 17.3. The van der Waals surface area contributed by atoms with Crippen molar-refractivity contribution >= 4 is 17.5 Å². The lowest BCUT2D eigenvalue weighted by molar-refractivity contribution is 0.0822. The molecule has 0 aliphatic heterocycles. The number of aromatic nitrogens is 6. The number of nitrogens with one attached hydrogen (secondary N) is 1. The number of nitrogens with zero attached hydrogens (tertiary/aromatic N) is 7. The number of rotatable bonds is 4. The number of carbonyl (C=O) groups is 2. The molecule has 1 aromatic carbocycles. The lowest BCUT2D eigenvalue weighted by Gasteiger charge is -2.11. The number of benzene rings is 1. The summed E-state index contributed by atoms with van der Waals surface area (Å²) in [6.45, 7) is 1.79. The third-order valence-electron chi connectivity index (χ3n) is 3.92. The van der Waals surface area contributed by atoms with Crippen molar-refractivity contribution < 1.29 is 9.59 Å². The number of tetrazole rings is 1. The van der Waals surface area contributed by atoms with E-state index in [-0.39, 0.29) is 17.5 Å². The molecular formula is C16H18N8O2. The summed E-state index contributed by atoms with van der Waals surface area (Å²) in [6, 6.07) is 6.78. The molecule has 0 fully saturated rings. The molecule has 0 unspecified atom stereocenters. The van der Waals surface area contributed by atoms with E-state index in [1.54, 1.807) is 57.0 Å². The SMILES string of the molecule is Cc1c(NC(=O)c2ccc(-n3cnnn3)cc2)c(C(=O)N(C)C)nn1C. The van der Waals surface area contributed by atoms with Gasteiger partial charge in [-0.15, -0.1) is 5.10 Å². The molecule has 0 saturated carbocycles. The Balaban J connectivity index is 1.85. The van der Waals surface area contributed by atoms with Gasteiger partial charge in [0.05, 0.1) is 17.1 Å². The Morgan fingerprint density at radius 1 is 1.15 bits per heavy atom. The highest BCUT2D eigenvalue weighted by atomic mass is 16.2. The third kappa shape index (κ3) is 3.16. The minimum absolute atomic E-state index is 0.202. The lowest BCUT2D eigenvalue weighted by atomic mass is 10.2. The van der Waals surface area contributed by atoms with Crippen molar-refractivity contribution in [2.45, 2.75) is 6.92 Å². The molecule has 2 aromatic heterocycles. The summed E-state index contributed by atoms with van der Waals surface area (Å²) < 4.78 is 3.05. The molecule has 1 N–H and O–H groups in total. The molecule has 0 saturated heterocycles. The Hall–Kier alpha value is -3.56. The minimum Gasteiger partial charge on any atom is -0.343 e. The molecule has 3 aromatic rings. The zero-order valence-electron chi connectivity index (χ0n) is 14.8. The van der Waals surface area contributed by atoms with E-state index in [1.165, 1.54) is 15.9 Å². The maximum atomic E-state index is 12.6. The van der Waals surface area contributed by atoms with Gasteiger partial charge in [-0.2, -0.15) is 5.10 Å². The van der Waals surface area contributed by atoms with Gasteiger partial charge < -0.3 is 10.2 Å². The second kappa shape index (κ2) is 6.75. The highest BCUT2D eigenvalue weighted by Gasteiger charge is 2.23. The summed E-state index contributed by atoms with van der Waals surface area (Å²) in [6.07, 6.45) is 1.47. The van der Waals surface area contributed by atoms with Crippen LogP contribution in [0.15, 0.2) is 30.6 Å². The van der Waals surface area contributed by atoms with Crippen LogP contribution in [0.25, 0.3) is 5.69 Å². The summed E-state index contributed by atoms with van der Waals surface area (Å²) in [5, 5.41) is 17.9. The normalized spacial score (nSPS) is 10.6. The Morgan fingerprint density at radius 2 is 1.85 bits per heavy atom. The predicted octanol–water partition coefficient (Wildman–Crippen LogP) is 0.658. The van der Waals surface area contributed by atoms with Crippen molar-refractivity contribution in [3.8, 4) is 5.69 Å². The van der Waals surface area contributed by atoms with Crippen LogP contribution in [0.2, 0.25) is 0 Å². The number of aryl methyl sites for hydroxylation is 1. The molecule has 2 amide bonds. The summed E-state index contributed by atoms with van der Waals surface area (Å²) in [4.78, 5) is 26.3. The number of anilines is 1. The predicted molar refractivity (Wildman–Crippen MR) is 93.1 cm³/mol. The van der Waals surface area contributed by atoms with Gasteiger partial charge in [0, 0.05) is 26.7 Å². The van der Waals surface area contributed by atoms with E-state index < -0.39 is 0 Å². The Kier molecular flexibility index (Phi) is 4.48. The molecule has 0 bridgehead atoms. The van der Waals surface area contributed by atoms with E-state index in [0.717, 1.165) is 5.69 Å². The second-order valence-corrected chi connectivity index (χ2v) is 5.89. The van der Waals surface area contributed by atoms with Gasteiger partial charge in [0.2, 0.25) is 0 Å². The summed E-state index contributed by atoms with van der Waals surface area (Å²) in [5.41, 5.74) is 2.46. The van der Waals surface area contributed by atoms with E-state index in [4.69, 9.17) is 0 Å². The number of carbonyl (C=O) groups excluding carboxylic acids is 2. The van der Waals surface area contributed by atoms with Crippen LogP contribution in [-0.2, 0) is 7.05 Å². The van der Waals surface area contributed by atoms with E-state index in [1.807, 2.05) is 0 Å². The van der Waals surface area contributed by atoms with Crippen LogP contribution in [-0.4, -0.2) is 60.8 Å². The van der Waals surface area contributed by atoms with Crippen molar-refractivity contribution in [2.75, 3.05) is 19.4 Å². The van der Waals surface area contributed by atoms with E-state index in [9.17, 15) is 9.59 Å². The number of hydrogen-bond donors (Lipinski definition) is 1. The standard InChI is InChI=1S/C16H18N8O2/c1-10-13(14(19-23(10)4)16(26)22(2)3)18-15(25)11-5-7-12(8-6-11)24-9-17-20-21-24/h5-9H,1-4H3,(H,18,25). The highest BCUT2D eigenvalue weighted by molar-refractivity contribution is 6.08. The van der Waals surface area contributed by atoms with E-state index in [0.29, 0.717) is 16.9 Å². The van der Waals surface area contributed by atoms with Crippen LogP contribution < -0.4 is 5.32 Å². The topological polar surface area (TPSA) is 111 Å². The van der Waals surface area contributed by atoms with Crippen LogP contribution >= 0.6 is 0 Å². The molecule has 0 aliphatic rings. The van der Waals surface area contributed by atoms with Crippen molar-refractivity contribution in [3.05, 3.63) is 47.5 Å². The summed E-state index contributed by atoms with van der Waals surface area (Å²) in [5.74, 6) is -0.616. The van der Waals surface area contributed by atoms with Gasteiger partial charge in [-0.25, -0.2) is 4.68 Å². The van der Waals surface area contributed by atoms with Crippen LogP contribution in [0, 0.1) is 6.92 Å². The molecular weight excluding hydrogens is 336 g/mol. The first-order chi connectivity index (χ1) is 12.4. The van der Waals surface area contributed by atoms with Crippen LogP contribution in [0.1, 0.15) is 26.5 Å². The van der Waals surface area contributed by atoms with Gasteiger partial charge in [0.15, 0.2) is 5.69 Å². The number of hydrogen-bond acceptors (Lipinski definition) is 6. The third-order valence-corrected chi connectivity index (χ3v) is 3.92. The molecule has 10 nitrogen and oxygen atoms in total. The molecule has 134 valence electrons. The molecule has 3 rings (SSSR count). The van der Waals surface area contributed by atoms with Gasteiger partial charge in [0.1, 0.15) is 6.33 Å². The van der Waals surface area contributed by atoms with Crippen molar-refractivity contribution in [2.24, 2.45) is 7.05 Å². The molecule has 26 heavy (non-hydrogen) atoms. The molecule has 0 aliphatic carbocycles. The Bertz CT molecular complexity index is 942. The van der Waals surface area contributed by atoms with Crippen molar-refractivity contribution in [1.29, 1.82) is 0 Å². The average molecular weight is 354 g/mol. The largest absolute Gasteiger partial charge is 0.343 e. The fourth-order valence-corrected chi connectivity index (χ4v) is 2.35. The smallest absolute Gasteiger partial charge is 0.276 e. The maximum absolute atomic E-state index is 12.6. The van der Waals surface area contributed by atoms with Gasteiger partial charge >= 0.3 is 0 Å². The van der Waals surface area contributed by atoms with E-state index >= 15 is 0 Å². The Labute approximate surface area is 149 Å². The first-order valence-electron chi connectivity index (χ1n) is 7.78. The fourth-order valence-electron chi connectivity index (χ4n) is 2.35. The van der Waals surface area contributed by atoms with Crippen molar-refractivity contribution in [1.82, 2.24) is 34.9 Å². The zero-order chi connectivity index (χ0) is 18.8. The zero-order valence-corrected chi connectivity index (χ0v) is 14.8. The summed E-state index contributed by atoms with van der Waals surface area (Å²) >= 11 is 0. The monoisotopic (exact) mass is 354 g/mol. The summed E-state index contributed by atoms with van der Waals surface area (Å²) in [7, 11) is 4.99. The lowest BCUT2D eigenvalue weighted by Crippen LogP contribution is -2.24. The van der Waals surface area contributed by atoms with Gasteiger partial charge in [-0.05, 0) is 41.6 Å². The van der Waals surface area contributed by atoms with Crippen LogP contribution in [0.5, 0.6) is 0 Å². The van der Waals surface area contributed by atoms with Crippen LogP contribution in [0.3, 0.4) is 0 Å². The molecule has 0 spiro atoms. The Morgan fingerprint density at radius 3 is 2.42 bits per heavy atom. The minimum atomic E-state index is -0.336. The highest BCUT2D eigenvalue weighted by Crippen LogP contribution is 2.21. The van der Waals surface area contributed by atoms with Gasteiger partial charge in [-0.3, -0.25) is 14.3 Å². The quantitative estimate of drug-likeness (QED) is 0.737.